The number of alkyl halides is 1. The number of ether oxygens (including phenoxy) is 2. The van der Waals surface area contributed by atoms with Gasteiger partial charge in [-0.15, -0.1) is 11.6 Å². The lowest BCUT2D eigenvalue weighted by atomic mass is 10.3. The third kappa shape index (κ3) is 8.29. The van der Waals surface area contributed by atoms with Gasteiger partial charge < -0.3 is 9.47 Å². The number of hydrogen-bond acceptors (Lipinski definition) is 4. The smallest absolute Gasteiger partial charge is 0.333 e. The maximum absolute atomic E-state index is 10.9. The molecule has 0 aliphatic heterocycles. The Morgan fingerprint density at radius 1 is 1.19 bits per heavy atom. The maximum atomic E-state index is 10.9. The van der Waals surface area contributed by atoms with Crippen LogP contribution >= 0.6 is 11.6 Å². The second kappa shape index (κ2) is 9.21. The molecule has 0 saturated heterocycles. The van der Waals surface area contributed by atoms with Gasteiger partial charge in [-0.2, -0.15) is 0 Å². The Morgan fingerprint density at radius 2 is 1.75 bits per heavy atom. The van der Waals surface area contributed by atoms with E-state index in [-0.39, 0.29) is 24.2 Å². The molecule has 92 valence electrons. The van der Waals surface area contributed by atoms with Crippen LogP contribution in [0.25, 0.3) is 0 Å². The molecule has 0 atom stereocenters. The molecule has 0 aliphatic rings. The monoisotopic (exact) mass is 248 g/mol. The van der Waals surface area contributed by atoms with Crippen LogP contribution in [-0.2, 0) is 19.1 Å². The van der Waals surface area contributed by atoms with Crippen molar-refractivity contribution in [2.24, 2.45) is 0 Å². The fraction of sp³-hybridized carbons (Fsp3) is 0.636. The molecule has 0 saturated carbocycles. The lowest BCUT2D eigenvalue weighted by Gasteiger charge is -2.05. The van der Waals surface area contributed by atoms with Gasteiger partial charge in [-0.25, -0.2) is 4.79 Å². The van der Waals surface area contributed by atoms with E-state index < -0.39 is 0 Å². The normalized spacial score (nSPS) is 9.62. The molecule has 0 bridgehead atoms. The summed E-state index contributed by atoms with van der Waals surface area (Å²) >= 11 is 5.36. The van der Waals surface area contributed by atoms with Gasteiger partial charge in [-0.1, -0.05) is 6.58 Å². The van der Waals surface area contributed by atoms with Gasteiger partial charge in [0.25, 0.3) is 0 Å². The number of hydrogen-bond donors (Lipinski definition) is 0. The minimum Gasteiger partial charge on any atom is -0.466 e. The number of esters is 2. The molecule has 0 radical (unpaired) electrons. The van der Waals surface area contributed by atoms with E-state index in [1.54, 1.807) is 6.92 Å². The third-order valence-corrected chi connectivity index (χ3v) is 1.87. The van der Waals surface area contributed by atoms with Crippen LogP contribution in [0, 0.1) is 0 Å². The van der Waals surface area contributed by atoms with Crippen molar-refractivity contribution in [3.8, 4) is 0 Å². The van der Waals surface area contributed by atoms with Crippen LogP contribution in [0.3, 0.4) is 0 Å². The van der Waals surface area contributed by atoms with Crippen molar-refractivity contribution >= 4 is 23.5 Å². The summed E-state index contributed by atoms with van der Waals surface area (Å²) in [5.74, 6) is -0.414. The molecule has 5 heteroatoms. The Hall–Kier alpha value is -1.03. The standard InChI is InChI=1S/C11H17ClO4/c1-9(2)11(14)16-8-4-3-7-15-10(13)5-6-12/h1,3-8H2,2H3. The van der Waals surface area contributed by atoms with E-state index in [2.05, 4.69) is 6.58 Å². The van der Waals surface area contributed by atoms with Crippen LogP contribution in [0.2, 0.25) is 0 Å². The Labute approximate surface area is 101 Å². The molecular weight excluding hydrogens is 232 g/mol. The van der Waals surface area contributed by atoms with Crippen molar-refractivity contribution < 1.29 is 19.1 Å². The van der Waals surface area contributed by atoms with E-state index in [9.17, 15) is 9.59 Å². The van der Waals surface area contributed by atoms with Gasteiger partial charge in [-0.05, 0) is 19.8 Å². The first-order chi connectivity index (χ1) is 7.57. The first-order valence-corrected chi connectivity index (χ1v) is 5.65. The van der Waals surface area contributed by atoms with E-state index in [1.807, 2.05) is 0 Å². The van der Waals surface area contributed by atoms with Crippen LogP contribution in [0.4, 0.5) is 0 Å². The number of carbonyl (C=O) groups excluding carboxylic acids is 2. The molecule has 4 nitrogen and oxygen atoms in total. The number of unbranched alkanes of at least 4 members (excludes halogenated alkanes) is 1. The van der Waals surface area contributed by atoms with Crippen LogP contribution in [0.5, 0.6) is 0 Å². The molecule has 0 aromatic carbocycles. The van der Waals surface area contributed by atoms with E-state index in [4.69, 9.17) is 21.1 Å². The van der Waals surface area contributed by atoms with Crippen molar-refractivity contribution in [1.29, 1.82) is 0 Å². The first kappa shape index (κ1) is 15.0. The number of rotatable bonds is 8. The summed E-state index contributed by atoms with van der Waals surface area (Å²) in [5.41, 5.74) is 0.383. The molecule has 0 spiro atoms. The SMILES string of the molecule is C=C(C)C(=O)OCCCCOC(=O)CCCl. The zero-order valence-electron chi connectivity index (χ0n) is 9.46. The molecule has 0 amide bonds. The van der Waals surface area contributed by atoms with Crippen molar-refractivity contribution in [2.75, 3.05) is 19.1 Å². The average molecular weight is 249 g/mol. The van der Waals surface area contributed by atoms with Gasteiger partial charge in [0.15, 0.2) is 0 Å². The highest BCUT2D eigenvalue weighted by Crippen LogP contribution is 1.97. The zero-order valence-corrected chi connectivity index (χ0v) is 10.2. The highest BCUT2D eigenvalue weighted by molar-refractivity contribution is 6.18. The molecule has 0 rings (SSSR count). The largest absolute Gasteiger partial charge is 0.466 e. The van der Waals surface area contributed by atoms with E-state index in [0.717, 1.165) is 0 Å². The molecule has 16 heavy (non-hydrogen) atoms. The van der Waals surface area contributed by atoms with Gasteiger partial charge in [0.1, 0.15) is 0 Å². The second-order valence-corrected chi connectivity index (χ2v) is 3.66. The van der Waals surface area contributed by atoms with E-state index in [1.165, 1.54) is 0 Å². The lowest BCUT2D eigenvalue weighted by molar-refractivity contribution is -0.144. The van der Waals surface area contributed by atoms with Gasteiger partial charge in [0, 0.05) is 11.5 Å². The highest BCUT2D eigenvalue weighted by Gasteiger charge is 2.03. The maximum Gasteiger partial charge on any atom is 0.333 e. The fourth-order valence-electron chi connectivity index (χ4n) is 0.828. The Balaban J connectivity index is 3.31. The first-order valence-electron chi connectivity index (χ1n) is 5.12. The second-order valence-electron chi connectivity index (χ2n) is 3.28. The summed E-state index contributed by atoms with van der Waals surface area (Å²) < 4.78 is 9.71. The van der Waals surface area contributed by atoms with Crippen molar-refractivity contribution in [1.82, 2.24) is 0 Å². The Bertz CT molecular complexity index is 250. The predicted molar refractivity (Wildman–Crippen MR) is 61.3 cm³/mol. The van der Waals surface area contributed by atoms with E-state index in [0.29, 0.717) is 31.6 Å². The number of carbonyl (C=O) groups is 2. The van der Waals surface area contributed by atoms with Gasteiger partial charge in [-0.3, -0.25) is 4.79 Å². The topological polar surface area (TPSA) is 52.6 Å². The minimum atomic E-state index is -0.390. The summed E-state index contributed by atoms with van der Waals surface area (Å²) in [4.78, 5) is 21.8. The molecule has 0 aromatic heterocycles. The van der Waals surface area contributed by atoms with Crippen LogP contribution < -0.4 is 0 Å². The summed E-state index contributed by atoms with van der Waals surface area (Å²) in [7, 11) is 0. The minimum absolute atomic E-state index is 0.228. The van der Waals surface area contributed by atoms with Crippen LogP contribution in [-0.4, -0.2) is 31.0 Å². The van der Waals surface area contributed by atoms with Crippen LogP contribution in [0.1, 0.15) is 26.2 Å². The summed E-state index contributed by atoms with van der Waals surface area (Å²) in [6, 6.07) is 0. The van der Waals surface area contributed by atoms with Crippen molar-refractivity contribution in [3.63, 3.8) is 0 Å². The van der Waals surface area contributed by atoms with Gasteiger partial charge in [0.2, 0.25) is 0 Å². The summed E-state index contributed by atoms with van der Waals surface area (Å²) in [6.45, 7) is 5.70. The van der Waals surface area contributed by atoms with Crippen LogP contribution in [0.15, 0.2) is 12.2 Å². The van der Waals surface area contributed by atoms with Gasteiger partial charge in [0.05, 0.1) is 19.6 Å². The quantitative estimate of drug-likeness (QED) is 0.286. The average Bonchev–Trinajstić information content (AvgIpc) is 2.23. The predicted octanol–water partition coefficient (Wildman–Crippen LogP) is 2.06. The molecule has 0 unspecified atom stereocenters. The summed E-state index contributed by atoms with van der Waals surface area (Å²) in [5, 5.41) is 0. The highest BCUT2D eigenvalue weighted by atomic mass is 35.5. The van der Waals surface area contributed by atoms with E-state index >= 15 is 0 Å². The number of halogens is 1. The molecule has 0 aromatic rings. The van der Waals surface area contributed by atoms with Gasteiger partial charge >= 0.3 is 11.9 Å². The molecule has 0 aliphatic carbocycles. The molecule has 0 heterocycles. The lowest BCUT2D eigenvalue weighted by Crippen LogP contribution is -2.09. The molecule has 0 N–H and O–H groups in total. The third-order valence-electron chi connectivity index (χ3n) is 1.68. The Morgan fingerprint density at radius 3 is 2.25 bits per heavy atom. The molecule has 0 fully saturated rings. The molecular formula is C11H17ClO4. The van der Waals surface area contributed by atoms with Crippen molar-refractivity contribution in [3.05, 3.63) is 12.2 Å². The fourth-order valence-corrected chi connectivity index (χ4v) is 0.982. The van der Waals surface area contributed by atoms with Crippen molar-refractivity contribution in [2.45, 2.75) is 26.2 Å². The zero-order chi connectivity index (χ0) is 12.4. The Kier molecular flexibility index (Phi) is 8.62. The summed E-state index contributed by atoms with van der Waals surface area (Å²) in [6.07, 6.45) is 1.55.